The van der Waals surface area contributed by atoms with Gasteiger partial charge < -0.3 is 15.6 Å². The van der Waals surface area contributed by atoms with Crippen molar-refractivity contribution in [2.24, 2.45) is 5.73 Å². The maximum Gasteiger partial charge on any atom is 0.284 e. The van der Waals surface area contributed by atoms with Gasteiger partial charge in [-0.05, 0) is 0 Å². The lowest BCUT2D eigenvalue weighted by molar-refractivity contribution is 0.140. The fourth-order valence-electron chi connectivity index (χ4n) is 0.998. The molecule has 0 spiro atoms. The first-order chi connectivity index (χ1) is 6.60. The summed E-state index contributed by atoms with van der Waals surface area (Å²) in [5, 5.41) is 9.30. The van der Waals surface area contributed by atoms with E-state index in [2.05, 4.69) is 4.98 Å². The molecule has 6 heteroatoms. The molecular formula is C8H10F2N2O2. The van der Waals surface area contributed by atoms with E-state index in [9.17, 15) is 13.9 Å². The summed E-state index contributed by atoms with van der Waals surface area (Å²) >= 11 is 0. The lowest BCUT2D eigenvalue weighted by Crippen LogP contribution is -2.03. The number of nitrogens with zero attached hydrogens (tertiary/aromatic N) is 1. The van der Waals surface area contributed by atoms with Crippen molar-refractivity contribution in [1.82, 2.24) is 4.98 Å². The van der Waals surface area contributed by atoms with Gasteiger partial charge in [0.1, 0.15) is 5.75 Å². The lowest BCUT2D eigenvalue weighted by atomic mass is 10.2. The SMILES string of the molecule is COc1cc(CN)c(O)c(C(F)F)n1. The van der Waals surface area contributed by atoms with Crippen LogP contribution in [0.2, 0.25) is 0 Å². The molecule has 1 rings (SSSR count). The fraction of sp³-hybridized carbons (Fsp3) is 0.375. The zero-order valence-electron chi connectivity index (χ0n) is 7.50. The predicted molar refractivity (Wildman–Crippen MR) is 45.3 cm³/mol. The third-order valence-corrected chi connectivity index (χ3v) is 1.71. The van der Waals surface area contributed by atoms with Gasteiger partial charge in [0, 0.05) is 18.2 Å². The van der Waals surface area contributed by atoms with Crippen molar-refractivity contribution in [3.63, 3.8) is 0 Å². The normalized spacial score (nSPS) is 10.6. The second-order valence-electron chi connectivity index (χ2n) is 2.56. The van der Waals surface area contributed by atoms with Crippen LogP contribution in [0, 0.1) is 0 Å². The van der Waals surface area contributed by atoms with Crippen molar-refractivity contribution in [2.45, 2.75) is 13.0 Å². The first kappa shape index (κ1) is 10.6. The largest absolute Gasteiger partial charge is 0.505 e. The van der Waals surface area contributed by atoms with Crippen molar-refractivity contribution in [2.75, 3.05) is 7.11 Å². The third-order valence-electron chi connectivity index (χ3n) is 1.71. The molecule has 1 aromatic heterocycles. The van der Waals surface area contributed by atoms with Gasteiger partial charge in [0.15, 0.2) is 5.69 Å². The number of aromatic nitrogens is 1. The Bertz CT molecular complexity index is 331. The van der Waals surface area contributed by atoms with Gasteiger partial charge in [-0.25, -0.2) is 13.8 Å². The third kappa shape index (κ3) is 1.90. The zero-order chi connectivity index (χ0) is 10.7. The summed E-state index contributed by atoms with van der Waals surface area (Å²) in [4.78, 5) is 3.42. The summed E-state index contributed by atoms with van der Waals surface area (Å²) in [6.45, 7) is -0.0512. The topological polar surface area (TPSA) is 68.4 Å². The highest BCUT2D eigenvalue weighted by Crippen LogP contribution is 2.31. The van der Waals surface area contributed by atoms with E-state index >= 15 is 0 Å². The van der Waals surface area contributed by atoms with Crippen molar-refractivity contribution in [3.05, 3.63) is 17.3 Å². The van der Waals surface area contributed by atoms with Gasteiger partial charge >= 0.3 is 0 Å². The second-order valence-corrected chi connectivity index (χ2v) is 2.56. The monoisotopic (exact) mass is 204 g/mol. The Morgan fingerprint density at radius 3 is 2.71 bits per heavy atom. The molecule has 0 aliphatic carbocycles. The number of alkyl halides is 2. The van der Waals surface area contributed by atoms with E-state index < -0.39 is 17.9 Å². The van der Waals surface area contributed by atoms with Crippen molar-refractivity contribution in [3.8, 4) is 11.6 Å². The van der Waals surface area contributed by atoms with E-state index in [0.717, 1.165) is 0 Å². The van der Waals surface area contributed by atoms with Gasteiger partial charge in [-0.15, -0.1) is 0 Å². The van der Waals surface area contributed by atoms with Gasteiger partial charge in [0.05, 0.1) is 7.11 Å². The number of hydrogen-bond donors (Lipinski definition) is 2. The quantitative estimate of drug-likeness (QED) is 0.776. The summed E-state index contributed by atoms with van der Waals surface area (Å²) in [5.74, 6) is -0.554. The molecule has 0 saturated heterocycles. The van der Waals surface area contributed by atoms with Crippen LogP contribution in [0.15, 0.2) is 6.07 Å². The number of halogens is 2. The first-order valence-electron chi connectivity index (χ1n) is 3.85. The summed E-state index contributed by atoms with van der Waals surface area (Å²) < 4.78 is 29.4. The highest BCUT2D eigenvalue weighted by Gasteiger charge is 2.19. The van der Waals surface area contributed by atoms with Gasteiger partial charge in [-0.1, -0.05) is 0 Å². The van der Waals surface area contributed by atoms with Crippen LogP contribution in [0.4, 0.5) is 8.78 Å². The van der Waals surface area contributed by atoms with Gasteiger partial charge in [-0.2, -0.15) is 0 Å². The number of pyridine rings is 1. The molecule has 1 heterocycles. The Labute approximate surface area is 79.3 Å². The van der Waals surface area contributed by atoms with E-state index in [-0.39, 0.29) is 18.0 Å². The average molecular weight is 204 g/mol. The molecule has 0 bridgehead atoms. The van der Waals surface area contributed by atoms with E-state index in [1.165, 1.54) is 13.2 Å². The molecule has 0 radical (unpaired) electrons. The number of hydrogen-bond acceptors (Lipinski definition) is 4. The minimum absolute atomic E-state index is 0.0125. The maximum absolute atomic E-state index is 12.3. The van der Waals surface area contributed by atoms with Crippen LogP contribution in [0.1, 0.15) is 17.7 Å². The summed E-state index contributed by atoms with van der Waals surface area (Å²) in [6.07, 6.45) is -2.85. The summed E-state index contributed by atoms with van der Waals surface area (Å²) in [7, 11) is 1.30. The van der Waals surface area contributed by atoms with E-state index in [1.54, 1.807) is 0 Å². The van der Waals surface area contributed by atoms with E-state index in [1.807, 2.05) is 0 Å². The molecule has 4 nitrogen and oxygen atoms in total. The Morgan fingerprint density at radius 1 is 1.64 bits per heavy atom. The molecule has 0 aliphatic heterocycles. The van der Waals surface area contributed by atoms with Crippen molar-refractivity contribution < 1.29 is 18.6 Å². The second kappa shape index (κ2) is 4.19. The van der Waals surface area contributed by atoms with Crippen LogP contribution < -0.4 is 10.5 Å². The molecule has 78 valence electrons. The predicted octanol–water partition coefficient (Wildman–Crippen LogP) is 1.19. The fourth-order valence-corrected chi connectivity index (χ4v) is 0.998. The number of aromatic hydroxyl groups is 1. The first-order valence-corrected chi connectivity index (χ1v) is 3.85. The lowest BCUT2D eigenvalue weighted by Gasteiger charge is -2.09. The molecule has 0 saturated carbocycles. The summed E-state index contributed by atoms with van der Waals surface area (Å²) in [5.41, 5.74) is 4.74. The standard InChI is InChI=1S/C8H10F2N2O2/c1-14-5-2-4(3-11)7(13)6(12-5)8(9)10/h2,8,13H,3,11H2,1H3. The molecule has 0 aliphatic rings. The molecule has 3 N–H and O–H groups in total. The highest BCUT2D eigenvalue weighted by atomic mass is 19.3. The van der Waals surface area contributed by atoms with Crippen LogP contribution in [0.25, 0.3) is 0 Å². The van der Waals surface area contributed by atoms with Crippen LogP contribution >= 0.6 is 0 Å². The number of ether oxygens (including phenoxy) is 1. The van der Waals surface area contributed by atoms with Crippen molar-refractivity contribution in [1.29, 1.82) is 0 Å². The van der Waals surface area contributed by atoms with Gasteiger partial charge in [-0.3, -0.25) is 0 Å². The van der Waals surface area contributed by atoms with Crippen LogP contribution in [0.3, 0.4) is 0 Å². The molecule has 14 heavy (non-hydrogen) atoms. The van der Waals surface area contributed by atoms with Crippen molar-refractivity contribution >= 4 is 0 Å². The van der Waals surface area contributed by atoms with Crippen LogP contribution in [-0.4, -0.2) is 17.2 Å². The molecule has 0 unspecified atom stereocenters. The molecular weight excluding hydrogens is 194 g/mol. The Morgan fingerprint density at radius 2 is 2.29 bits per heavy atom. The average Bonchev–Trinajstić information content (AvgIpc) is 2.17. The minimum Gasteiger partial charge on any atom is -0.505 e. The number of rotatable bonds is 3. The maximum atomic E-state index is 12.3. The number of methoxy groups -OCH3 is 1. The summed E-state index contributed by atoms with van der Waals surface area (Å²) in [6, 6.07) is 1.32. The zero-order valence-corrected chi connectivity index (χ0v) is 7.50. The number of nitrogens with two attached hydrogens (primary N) is 1. The highest BCUT2D eigenvalue weighted by molar-refractivity contribution is 5.40. The molecule has 1 aromatic rings. The molecule has 0 aromatic carbocycles. The van der Waals surface area contributed by atoms with Gasteiger partial charge in [0.25, 0.3) is 6.43 Å². The Balaban J connectivity index is 3.27. The molecule has 0 fully saturated rings. The van der Waals surface area contributed by atoms with E-state index in [4.69, 9.17) is 10.5 Å². The molecule has 0 atom stereocenters. The van der Waals surface area contributed by atoms with Gasteiger partial charge in [0.2, 0.25) is 5.88 Å². The minimum atomic E-state index is -2.85. The molecule has 0 amide bonds. The Kier molecular flexibility index (Phi) is 3.19. The Hall–Kier alpha value is -1.43. The van der Waals surface area contributed by atoms with Crippen LogP contribution in [-0.2, 0) is 6.54 Å². The van der Waals surface area contributed by atoms with E-state index in [0.29, 0.717) is 0 Å². The smallest absolute Gasteiger partial charge is 0.284 e. The van der Waals surface area contributed by atoms with Crippen LogP contribution in [0.5, 0.6) is 11.6 Å².